The summed E-state index contributed by atoms with van der Waals surface area (Å²) in [6.45, 7) is 1.89. The molecule has 3 nitrogen and oxygen atoms in total. The molecule has 1 aromatic rings. The van der Waals surface area contributed by atoms with E-state index in [1.807, 2.05) is 6.92 Å². The molecule has 14 heavy (non-hydrogen) atoms. The second-order valence-corrected chi connectivity index (χ2v) is 3.84. The third-order valence-electron chi connectivity index (χ3n) is 2.17. The molecular weight excluding hydrogens is 248 g/mol. The zero-order chi connectivity index (χ0) is 10.7. The first-order chi connectivity index (χ1) is 6.61. The fraction of sp³-hybridized carbons (Fsp3) is 0.400. The Morgan fingerprint density at radius 3 is 2.64 bits per heavy atom. The molecule has 0 aliphatic rings. The molecular formula is C10H13BrO3. The van der Waals surface area contributed by atoms with E-state index in [9.17, 15) is 5.11 Å². The highest BCUT2D eigenvalue weighted by Crippen LogP contribution is 2.37. The van der Waals surface area contributed by atoms with Crippen molar-refractivity contribution >= 4 is 15.9 Å². The predicted octanol–water partition coefficient (Wildman–Crippen LogP) is 2.01. The molecule has 0 bridgehead atoms. The minimum atomic E-state index is 0.00794. The van der Waals surface area contributed by atoms with Crippen molar-refractivity contribution in [2.24, 2.45) is 0 Å². The number of halogens is 1. The zero-order valence-corrected chi connectivity index (χ0v) is 9.76. The van der Waals surface area contributed by atoms with E-state index >= 15 is 0 Å². The Bertz CT molecular complexity index is 337. The number of rotatable bonds is 3. The SMILES string of the molecule is COc1cc(Br)c(C)c(CCO)c1O. The minimum Gasteiger partial charge on any atom is -0.504 e. The molecule has 0 unspecified atom stereocenters. The lowest BCUT2D eigenvalue weighted by atomic mass is 10.0. The Morgan fingerprint density at radius 1 is 1.50 bits per heavy atom. The van der Waals surface area contributed by atoms with Gasteiger partial charge in [-0.2, -0.15) is 0 Å². The van der Waals surface area contributed by atoms with Crippen LogP contribution >= 0.6 is 15.9 Å². The van der Waals surface area contributed by atoms with Gasteiger partial charge in [-0.15, -0.1) is 0 Å². The maximum absolute atomic E-state index is 9.77. The van der Waals surface area contributed by atoms with Crippen LogP contribution in [0.15, 0.2) is 10.5 Å². The average molecular weight is 261 g/mol. The van der Waals surface area contributed by atoms with E-state index in [1.165, 1.54) is 7.11 Å². The molecule has 0 aliphatic heterocycles. The first kappa shape index (κ1) is 11.3. The van der Waals surface area contributed by atoms with Crippen LogP contribution in [0.1, 0.15) is 11.1 Å². The van der Waals surface area contributed by atoms with E-state index in [1.54, 1.807) is 6.07 Å². The standard InChI is InChI=1S/C10H13BrO3/c1-6-7(3-4-12)10(13)9(14-2)5-8(6)11/h5,12-13H,3-4H2,1-2H3. The van der Waals surface area contributed by atoms with Gasteiger partial charge in [-0.3, -0.25) is 0 Å². The van der Waals surface area contributed by atoms with Crippen molar-refractivity contribution in [1.82, 2.24) is 0 Å². The van der Waals surface area contributed by atoms with E-state index in [4.69, 9.17) is 9.84 Å². The first-order valence-corrected chi connectivity index (χ1v) is 5.07. The summed E-state index contributed by atoms with van der Waals surface area (Å²) < 4.78 is 5.88. The van der Waals surface area contributed by atoms with Gasteiger partial charge >= 0.3 is 0 Å². The van der Waals surface area contributed by atoms with Gasteiger partial charge < -0.3 is 14.9 Å². The molecule has 0 saturated carbocycles. The molecule has 0 aliphatic carbocycles. The molecule has 1 aromatic carbocycles. The van der Waals surface area contributed by atoms with Crippen LogP contribution in [0.25, 0.3) is 0 Å². The van der Waals surface area contributed by atoms with Crippen molar-refractivity contribution in [3.8, 4) is 11.5 Å². The van der Waals surface area contributed by atoms with Gasteiger partial charge in [0.05, 0.1) is 7.11 Å². The molecule has 0 saturated heterocycles. The number of methoxy groups -OCH3 is 1. The summed E-state index contributed by atoms with van der Waals surface area (Å²) in [4.78, 5) is 0. The highest BCUT2D eigenvalue weighted by molar-refractivity contribution is 9.10. The monoisotopic (exact) mass is 260 g/mol. The van der Waals surface area contributed by atoms with Crippen molar-refractivity contribution < 1.29 is 14.9 Å². The predicted molar refractivity (Wildman–Crippen MR) is 57.9 cm³/mol. The molecule has 0 atom stereocenters. The summed E-state index contributed by atoms with van der Waals surface area (Å²) in [5.41, 5.74) is 1.65. The number of aliphatic hydroxyl groups is 1. The summed E-state index contributed by atoms with van der Waals surface area (Å²) in [5, 5.41) is 18.6. The van der Waals surface area contributed by atoms with Crippen molar-refractivity contribution in [1.29, 1.82) is 0 Å². The number of hydrogen-bond acceptors (Lipinski definition) is 3. The van der Waals surface area contributed by atoms with Crippen LogP contribution < -0.4 is 4.74 Å². The van der Waals surface area contributed by atoms with E-state index in [0.717, 1.165) is 15.6 Å². The highest BCUT2D eigenvalue weighted by Gasteiger charge is 2.13. The number of ether oxygens (including phenoxy) is 1. The van der Waals surface area contributed by atoms with Crippen LogP contribution in [0, 0.1) is 6.92 Å². The van der Waals surface area contributed by atoms with Gasteiger partial charge in [0.15, 0.2) is 11.5 Å². The summed E-state index contributed by atoms with van der Waals surface area (Å²) in [7, 11) is 1.50. The molecule has 78 valence electrons. The summed E-state index contributed by atoms with van der Waals surface area (Å²) in [5.74, 6) is 0.535. The number of phenols is 1. The van der Waals surface area contributed by atoms with Gasteiger partial charge in [0, 0.05) is 16.6 Å². The number of hydrogen-bond donors (Lipinski definition) is 2. The largest absolute Gasteiger partial charge is 0.504 e. The van der Waals surface area contributed by atoms with Crippen LogP contribution in [0.2, 0.25) is 0 Å². The van der Waals surface area contributed by atoms with Crippen molar-refractivity contribution in [2.75, 3.05) is 13.7 Å². The average Bonchev–Trinajstić information content (AvgIpc) is 2.18. The number of aliphatic hydroxyl groups excluding tert-OH is 1. The smallest absolute Gasteiger partial charge is 0.161 e. The van der Waals surface area contributed by atoms with Gasteiger partial charge in [0.25, 0.3) is 0 Å². The molecule has 0 radical (unpaired) electrons. The molecule has 4 heteroatoms. The van der Waals surface area contributed by atoms with Gasteiger partial charge in [0.1, 0.15) is 0 Å². The highest BCUT2D eigenvalue weighted by atomic mass is 79.9. The third-order valence-corrected chi connectivity index (χ3v) is 2.99. The molecule has 0 spiro atoms. The fourth-order valence-electron chi connectivity index (χ4n) is 1.34. The lowest BCUT2D eigenvalue weighted by molar-refractivity contribution is 0.295. The maximum atomic E-state index is 9.77. The van der Waals surface area contributed by atoms with Crippen molar-refractivity contribution in [3.63, 3.8) is 0 Å². The van der Waals surface area contributed by atoms with Gasteiger partial charge in [0.2, 0.25) is 0 Å². The number of phenolic OH excluding ortho intramolecular Hbond substituents is 1. The van der Waals surface area contributed by atoms with Crippen LogP contribution in [0.5, 0.6) is 11.5 Å². The van der Waals surface area contributed by atoms with Gasteiger partial charge in [-0.05, 0) is 25.0 Å². The molecule has 0 heterocycles. The number of benzene rings is 1. The summed E-state index contributed by atoms with van der Waals surface area (Å²) in [6, 6.07) is 1.71. The van der Waals surface area contributed by atoms with E-state index in [-0.39, 0.29) is 12.4 Å². The van der Waals surface area contributed by atoms with Crippen LogP contribution in [0.4, 0.5) is 0 Å². The number of aromatic hydroxyl groups is 1. The third kappa shape index (κ3) is 2.01. The second kappa shape index (κ2) is 4.66. The Hall–Kier alpha value is -0.740. The second-order valence-electron chi connectivity index (χ2n) is 2.99. The molecule has 1 rings (SSSR count). The zero-order valence-electron chi connectivity index (χ0n) is 8.17. The summed E-state index contributed by atoms with van der Waals surface area (Å²) >= 11 is 3.37. The van der Waals surface area contributed by atoms with Crippen LogP contribution in [-0.4, -0.2) is 23.9 Å². The fourth-order valence-corrected chi connectivity index (χ4v) is 1.78. The Balaban J connectivity index is 3.29. The van der Waals surface area contributed by atoms with Crippen LogP contribution in [0.3, 0.4) is 0 Å². The minimum absolute atomic E-state index is 0.00794. The Morgan fingerprint density at radius 2 is 2.14 bits per heavy atom. The Labute approximate surface area is 91.5 Å². The lowest BCUT2D eigenvalue weighted by Gasteiger charge is -2.12. The topological polar surface area (TPSA) is 49.7 Å². The van der Waals surface area contributed by atoms with Gasteiger partial charge in [-0.1, -0.05) is 15.9 Å². The molecule has 2 N–H and O–H groups in total. The van der Waals surface area contributed by atoms with Crippen molar-refractivity contribution in [2.45, 2.75) is 13.3 Å². The normalized spacial score (nSPS) is 10.3. The first-order valence-electron chi connectivity index (χ1n) is 4.27. The maximum Gasteiger partial charge on any atom is 0.161 e. The molecule has 0 fully saturated rings. The molecule has 0 aromatic heterocycles. The van der Waals surface area contributed by atoms with E-state index in [0.29, 0.717) is 12.2 Å². The summed E-state index contributed by atoms with van der Waals surface area (Å²) in [6.07, 6.45) is 0.424. The van der Waals surface area contributed by atoms with Crippen molar-refractivity contribution in [3.05, 3.63) is 21.7 Å². The quantitative estimate of drug-likeness (QED) is 0.875. The van der Waals surface area contributed by atoms with Gasteiger partial charge in [-0.25, -0.2) is 0 Å². The lowest BCUT2D eigenvalue weighted by Crippen LogP contribution is -1.98. The van der Waals surface area contributed by atoms with E-state index < -0.39 is 0 Å². The molecule has 0 amide bonds. The Kier molecular flexibility index (Phi) is 3.77. The van der Waals surface area contributed by atoms with E-state index in [2.05, 4.69) is 15.9 Å². The van der Waals surface area contributed by atoms with Crippen LogP contribution in [-0.2, 0) is 6.42 Å².